The van der Waals surface area contributed by atoms with E-state index in [0.717, 1.165) is 37.1 Å². The molecule has 1 aliphatic rings. The highest BCUT2D eigenvalue weighted by Crippen LogP contribution is 2.31. The summed E-state index contributed by atoms with van der Waals surface area (Å²) in [6.45, 7) is 3.03. The van der Waals surface area contributed by atoms with Crippen LogP contribution in [0.2, 0.25) is 0 Å². The summed E-state index contributed by atoms with van der Waals surface area (Å²) in [5.41, 5.74) is 2.49. The minimum absolute atomic E-state index is 0.0781. The molecular weight excluding hydrogens is 371 g/mol. The standard InChI is InChI=1S/C22H23FN4O2/c1-15-8-10-18(11-9-15)24-20(28)14-27-12-3-2-7-19(27)22-25-21(26-29-22)16-5-4-6-17(23)13-16/h4-6,8-11,13,19H,2-3,7,12,14H2,1H3,(H,24,28)/t19-/m1/s1. The van der Waals surface area contributed by atoms with Crippen LogP contribution in [-0.2, 0) is 4.79 Å². The molecule has 3 aromatic rings. The summed E-state index contributed by atoms with van der Waals surface area (Å²) < 4.78 is 19.0. The van der Waals surface area contributed by atoms with Gasteiger partial charge in [-0.1, -0.05) is 41.4 Å². The fraction of sp³-hybridized carbons (Fsp3) is 0.318. The van der Waals surface area contributed by atoms with Crippen LogP contribution in [0.5, 0.6) is 0 Å². The Labute approximate surface area is 168 Å². The van der Waals surface area contributed by atoms with Crippen LogP contribution in [0.1, 0.15) is 36.8 Å². The highest BCUT2D eigenvalue weighted by Gasteiger charge is 2.30. The summed E-state index contributed by atoms with van der Waals surface area (Å²) in [6.07, 6.45) is 2.88. The second-order valence-corrected chi connectivity index (χ2v) is 7.36. The monoisotopic (exact) mass is 394 g/mol. The van der Waals surface area contributed by atoms with Crippen molar-refractivity contribution in [3.63, 3.8) is 0 Å². The fourth-order valence-corrected chi connectivity index (χ4v) is 3.60. The van der Waals surface area contributed by atoms with Crippen molar-refractivity contribution in [2.45, 2.75) is 32.2 Å². The first-order chi connectivity index (χ1) is 14.1. The third-order valence-corrected chi connectivity index (χ3v) is 5.11. The van der Waals surface area contributed by atoms with Gasteiger partial charge in [-0.2, -0.15) is 4.98 Å². The number of amides is 1. The number of carbonyl (C=O) groups is 1. The van der Waals surface area contributed by atoms with Gasteiger partial charge in [-0.25, -0.2) is 4.39 Å². The molecule has 0 radical (unpaired) electrons. The number of hydrogen-bond acceptors (Lipinski definition) is 5. The van der Waals surface area contributed by atoms with Gasteiger partial charge in [-0.15, -0.1) is 0 Å². The number of anilines is 1. The number of carbonyl (C=O) groups excluding carboxylic acids is 1. The molecule has 1 saturated heterocycles. The Bertz CT molecular complexity index is 986. The third kappa shape index (κ3) is 4.68. The van der Waals surface area contributed by atoms with Gasteiger partial charge < -0.3 is 9.84 Å². The van der Waals surface area contributed by atoms with Gasteiger partial charge in [0.05, 0.1) is 12.6 Å². The van der Waals surface area contributed by atoms with Crippen molar-refractivity contribution in [2.75, 3.05) is 18.4 Å². The maximum Gasteiger partial charge on any atom is 0.244 e. The van der Waals surface area contributed by atoms with Crippen molar-refractivity contribution in [3.8, 4) is 11.4 Å². The van der Waals surface area contributed by atoms with Crippen LogP contribution < -0.4 is 5.32 Å². The van der Waals surface area contributed by atoms with E-state index in [0.29, 0.717) is 17.3 Å². The number of hydrogen-bond donors (Lipinski definition) is 1. The molecule has 1 N–H and O–H groups in total. The lowest BCUT2D eigenvalue weighted by Crippen LogP contribution is -2.39. The minimum Gasteiger partial charge on any atom is -0.337 e. The van der Waals surface area contributed by atoms with E-state index < -0.39 is 0 Å². The molecule has 150 valence electrons. The lowest BCUT2D eigenvalue weighted by molar-refractivity contribution is -0.118. The molecule has 1 amide bonds. The van der Waals surface area contributed by atoms with E-state index in [-0.39, 0.29) is 24.3 Å². The molecule has 7 heteroatoms. The second kappa shape index (κ2) is 8.53. The number of benzene rings is 2. The summed E-state index contributed by atoms with van der Waals surface area (Å²) in [4.78, 5) is 19.1. The summed E-state index contributed by atoms with van der Waals surface area (Å²) in [5.74, 6) is 0.396. The number of halogens is 1. The van der Waals surface area contributed by atoms with Crippen LogP contribution in [0.25, 0.3) is 11.4 Å². The summed E-state index contributed by atoms with van der Waals surface area (Å²) in [5, 5.41) is 6.95. The number of aromatic nitrogens is 2. The normalized spacial score (nSPS) is 17.2. The average molecular weight is 394 g/mol. The van der Waals surface area contributed by atoms with Crippen LogP contribution in [0.15, 0.2) is 53.1 Å². The van der Waals surface area contributed by atoms with Gasteiger partial charge in [0.15, 0.2) is 0 Å². The van der Waals surface area contributed by atoms with Crippen molar-refractivity contribution in [3.05, 3.63) is 65.8 Å². The summed E-state index contributed by atoms with van der Waals surface area (Å²) in [6, 6.07) is 13.7. The van der Waals surface area contributed by atoms with Crippen molar-refractivity contribution in [1.29, 1.82) is 0 Å². The molecule has 1 aliphatic heterocycles. The minimum atomic E-state index is -0.346. The largest absolute Gasteiger partial charge is 0.337 e. The van der Waals surface area contributed by atoms with Crippen LogP contribution in [0.4, 0.5) is 10.1 Å². The predicted molar refractivity (Wildman–Crippen MR) is 108 cm³/mol. The highest BCUT2D eigenvalue weighted by molar-refractivity contribution is 5.92. The molecular formula is C22H23FN4O2. The molecule has 4 rings (SSSR count). The molecule has 2 heterocycles. The Balaban J connectivity index is 1.46. The quantitative estimate of drug-likeness (QED) is 0.697. The zero-order valence-corrected chi connectivity index (χ0v) is 16.3. The number of piperidine rings is 1. The molecule has 6 nitrogen and oxygen atoms in total. The Morgan fingerprint density at radius 1 is 1.24 bits per heavy atom. The van der Waals surface area contributed by atoms with E-state index in [1.807, 2.05) is 31.2 Å². The SMILES string of the molecule is Cc1ccc(NC(=O)CN2CCCC[C@@H]2c2nc(-c3cccc(F)c3)no2)cc1. The average Bonchev–Trinajstić information content (AvgIpc) is 3.20. The van der Waals surface area contributed by atoms with Gasteiger partial charge in [-0.05, 0) is 50.6 Å². The van der Waals surface area contributed by atoms with Crippen molar-refractivity contribution in [1.82, 2.24) is 15.0 Å². The van der Waals surface area contributed by atoms with Crippen molar-refractivity contribution >= 4 is 11.6 Å². The first kappa shape index (κ1) is 19.3. The molecule has 1 fully saturated rings. The molecule has 0 aliphatic carbocycles. The van der Waals surface area contributed by atoms with Crippen LogP contribution in [0.3, 0.4) is 0 Å². The zero-order valence-electron chi connectivity index (χ0n) is 16.3. The van der Waals surface area contributed by atoms with Gasteiger partial charge in [0.2, 0.25) is 17.6 Å². The number of nitrogens with one attached hydrogen (secondary N) is 1. The maximum atomic E-state index is 13.5. The van der Waals surface area contributed by atoms with Crippen molar-refractivity contribution < 1.29 is 13.7 Å². The summed E-state index contributed by atoms with van der Waals surface area (Å²) in [7, 11) is 0. The van der Waals surface area contributed by atoms with E-state index in [1.54, 1.807) is 12.1 Å². The van der Waals surface area contributed by atoms with Crippen LogP contribution >= 0.6 is 0 Å². The smallest absolute Gasteiger partial charge is 0.244 e. The highest BCUT2D eigenvalue weighted by atomic mass is 19.1. The number of likely N-dealkylation sites (tertiary alicyclic amines) is 1. The Hall–Kier alpha value is -3.06. The molecule has 0 bridgehead atoms. The second-order valence-electron chi connectivity index (χ2n) is 7.36. The van der Waals surface area contributed by atoms with Crippen molar-refractivity contribution in [2.24, 2.45) is 0 Å². The molecule has 29 heavy (non-hydrogen) atoms. The molecule has 2 aromatic carbocycles. The Morgan fingerprint density at radius 2 is 2.07 bits per heavy atom. The van der Waals surface area contributed by atoms with E-state index >= 15 is 0 Å². The number of aryl methyl sites for hydroxylation is 1. The number of rotatable bonds is 5. The van der Waals surface area contributed by atoms with Gasteiger partial charge in [0.1, 0.15) is 5.82 Å². The number of nitrogens with zero attached hydrogens (tertiary/aromatic N) is 3. The van der Waals surface area contributed by atoms with Crippen LogP contribution in [-0.4, -0.2) is 34.0 Å². The zero-order chi connectivity index (χ0) is 20.2. The van der Waals surface area contributed by atoms with Gasteiger partial charge >= 0.3 is 0 Å². The third-order valence-electron chi connectivity index (χ3n) is 5.11. The molecule has 0 unspecified atom stereocenters. The fourth-order valence-electron chi connectivity index (χ4n) is 3.60. The molecule has 1 atom stereocenters. The molecule has 0 saturated carbocycles. The van der Waals surface area contributed by atoms with Gasteiger partial charge in [0.25, 0.3) is 0 Å². The summed E-state index contributed by atoms with van der Waals surface area (Å²) >= 11 is 0. The van der Waals surface area contributed by atoms with Crippen LogP contribution in [0, 0.1) is 12.7 Å². The Kier molecular flexibility index (Phi) is 5.67. The lowest BCUT2D eigenvalue weighted by Gasteiger charge is -2.32. The van der Waals surface area contributed by atoms with E-state index in [2.05, 4.69) is 20.4 Å². The first-order valence-corrected chi connectivity index (χ1v) is 9.78. The lowest BCUT2D eigenvalue weighted by atomic mass is 10.0. The molecule has 0 spiro atoms. The van der Waals surface area contributed by atoms with E-state index in [9.17, 15) is 9.18 Å². The van der Waals surface area contributed by atoms with Gasteiger partial charge in [0, 0.05) is 11.3 Å². The van der Waals surface area contributed by atoms with E-state index in [4.69, 9.17) is 4.52 Å². The molecule has 1 aromatic heterocycles. The first-order valence-electron chi connectivity index (χ1n) is 9.78. The van der Waals surface area contributed by atoms with Gasteiger partial charge in [-0.3, -0.25) is 9.69 Å². The maximum absolute atomic E-state index is 13.5. The Morgan fingerprint density at radius 3 is 2.86 bits per heavy atom. The predicted octanol–water partition coefficient (Wildman–Crippen LogP) is 4.35. The van der Waals surface area contributed by atoms with E-state index in [1.165, 1.54) is 12.1 Å². The topological polar surface area (TPSA) is 71.3 Å².